The Morgan fingerprint density at radius 2 is 1.00 bits per heavy atom. The Morgan fingerprint density at radius 1 is 0.595 bits per heavy atom. The molecule has 4 nitrogen and oxygen atoms in total. The zero-order valence-electron chi connectivity index (χ0n) is 20.8. The number of fused-ring (bicyclic) bond motifs is 1. The molecule has 42 heavy (non-hydrogen) atoms. The van der Waals surface area contributed by atoms with E-state index in [4.69, 9.17) is 46.9 Å². The van der Waals surface area contributed by atoms with E-state index >= 15 is 0 Å². The van der Waals surface area contributed by atoms with Crippen molar-refractivity contribution in [2.24, 2.45) is 0 Å². The highest BCUT2D eigenvalue weighted by Gasteiger charge is 2.23. The van der Waals surface area contributed by atoms with Crippen molar-refractivity contribution in [2.45, 2.75) is 0 Å². The molecule has 0 saturated heterocycles. The van der Waals surface area contributed by atoms with Crippen LogP contribution in [0.1, 0.15) is 9.75 Å². The predicted octanol–water partition coefficient (Wildman–Crippen LogP) is 12.8. The van der Waals surface area contributed by atoms with E-state index < -0.39 is 0 Å². The van der Waals surface area contributed by atoms with Gasteiger partial charge in [0.05, 0.1) is 29.2 Å². The summed E-state index contributed by atoms with van der Waals surface area (Å²) in [5, 5.41) is 19.5. The van der Waals surface area contributed by atoms with E-state index in [-0.39, 0.29) is 11.4 Å². The van der Waals surface area contributed by atoms with Crippen molar-refractivity contribution in [3.8, 4) is 51.2 Å². The molecular weight excluding hydrogens is 680 g/mol. The zero-order chi connectivity index (χ0) is 29.4. The summed E-state index contributed by atoms with van der Waals surface area (Å²) in [7, 11) is 0. The minimum absolute atomic E-state index is 0.0518. The van der Waals surface area contributed by atoms with Crippen LogP contribution in [0, 0.1) is 35.8 Å². The Morgan fingerprint density at radius 3 is 1.45 bits per heavy atom. The second kappa shape index (κ2) is 12.0. The molecule has 6 rings (SSSR count). The van der Waals surface area contributed by atoms with Gasteiger partial charge >= 0.3 is 5.82 Å². The van der Waals surface area contributed by atoms with Gasteiger partial charge in [-0.15, -0.1) is 68.0 Å². The quantitative estimate of drug-likeness (QED) is 0.129. The smallest absolute Gasteiger partial charge is 0.192 e. The molecule has 12 heteroatoms. The van der Waals surface area contributed by atoms with Gasteiger partial charge in [0.25, 0.3) is 0 Å². The summed E-state index contributed by atoms with van der Waals surface area (Å²) >= 11 is 23.4. The molecular formula is C30H10Cl2N4S6. The van der Waals surface area contributed by atoms with Crippen molar-refractivity contribution < 1.29 is 0 Å². The molecule has 0 N–H and O–H groups in total. The summed E-state index contributed by atoms with van der Waals surface area (Å²) in [6, 6.07) is 19.9. The van der Waals surface area contributed by atoms with E-state index in [2.05, 4.69) is 34.0 Å². The molecule has 0 aromatic carbocycles. The molecule has 0 unspecified atom stereocenters. The van der Waals surface area contributed by atoms with Crippen LogP contribution in [-0.4, -0.2) is 0 Å². The molecule has 0 aliphatic heterocycles. The molecule has 0 aliphatic carbocycles. The highest BCUT2D eigenvalue weighted by Crippen LogP contribution is 2.55. The largest absolute Gasteiger partial charge is 0.520 e. The Bertz CT molecular complexity index is 2050. The first-order valence-electron chi connectivity index (χ1n) is 11.7. The third-order valence-electron chi connectivity index (χ3n) is 5.84. The second-order valence-electron chi connectivity index (χ2n) is 8.39. The molecule has 0 bridgehead atoms. The van der Waals surface area contributed by atoms with Gasteiger partial charge in [-0.1, -0.05) is 23.2 Å². The lowest BCUT2D eigenvalue weighted by atomic mass is 10.3. The van der Waals surface area contributed by atoms with E-state index in [1.165, 1.54) is 11.3 Å². The van der Waals surface area contributed by atoms with Crippen LogP contribution < -0.4 is 0 Å². The molecule has 0 aliphatic rings. The summed E-state index contributed by atoms with van der Waals surface area (Å²) < 4.78 is 1.94. The lowest BCUT2D eigenvalue weighted by Crippen LogP contribution is -1.68. The molecule has 0 fully saturated rings. The zero-order valence-corrected chi connectivity index (χ0v) is 27.2. The monoisotopic (exact) mass is 688 g/mol. The van der Waals surface area contributed by atoms with E-state index in [0.717, 1.165) is 58.2 Å². The van der Waals surface area contributed by atoms with Crippen molar-refractivity contribution >= 4 is 113 Å². The Kier molecular flexibility index (Phi) is 8.17. The molecule has 200 valence electrons. The summed E-state index contributed by atoms with van der Waals surface area (Å²) in [6.45, 7) is 14.2. The summed E-state index contributed by atoms with van der Waals surface area (Å²) in [5.74, 6) is 0.0518. The number of thiophene rings is 6. The number of rotatable bonds is 6. The highest BCUT2D eigenvalue weighted by atomic mass is 35.5. The van der Waals surface area contributed by atoms with E-state index in [0.29, 0.717) is 10.0 Å². The average Bonchev–Trinajstić information content (AvgIpc) is 3.83. The fourth-order valence-electron chi connectivity index (χ4n) is 3.96. The first-order chi connectivity index (χ1) is 20.4. The fraction of sp³-hybridized carbons (Fsp3) is 0. The average molecular weight is 690 g/mol. The molecule has 6 heterocycles. The number of hydrogen-bond acceptors (Lipinski definition) is 8. The van der Waals surface area contributed by atoms with Crippen molar-refractivity contribution in [1.82, 2.24) is 0 Å². The van der Waals surface area contributed by atoms with Crippen molar-refractivity contribution in [3.63, 3.8) is 0 Å². The van der Waals surface area contributed by atoms with E-state index in [9.17, 15) is 0 Å². The molecule has 0 spiro atoms. The normalized spacial score (nSPS) is 10.5. The van der Waals surface area contributed by atoms with Crippen LogP contribution in [0.2, 0.25) is 10.0 Å². The van der Waals surface area contributed by atoms with Crippen LogP contribution in [0.3, 0.4) is 0 Å². The van der Waals surface area contributed by atoms with Crippen LogP contribution >= 0.6 is 91.2 Å². The summed E-state index contributed by atoms with van der Waals surface area (Å²) in [6.07, 6.45) is 3.21. The lowest BCUT2D eigenvalue weighted by molar-refractivity contribution is 1.47. The van der Waals surface area contributed by atoms with E-state index in [1.807, 2.05) is 36.4 Å². The number of nitrogens with zero attached hydrogens (tertiary/aromatic N) is 4. The minimum Gasteiger partial charge on any atom is -0.192 e. The van der Waals surface area contributed by atoms with Crippen LogP contribution in [0.5, 0.6) is 0 Å². The van der Waals surface area contributed by atoms with Gasteiger partial charge in [-0.3, -0.25) is 0 Å². The van der Waals surface area contributed by atoms with Gasteiger partial charge in [0, 0.05) is 45.1 Å². The predicted molar refractivity (Wildman–Crippen MR) is 183 cm³/mol. The van der Waals surface area contributed by atoms with E-state index in [1.54, 1.807) is 68.8 Å². The molecule has 0 radical (unpaired) electrons. The Hall–Kier alpha value is -3.52. The number of allylic oxidation sites excluding steroid dienone is 1. The van der Waals surface area contributed by atoms with Crippen LogP contribution in [0.25, 0.3) is 70.3 Å². The van der Waals surface area contributed by atoms with Crippen LogP contribution in [0.4, 0.5) is 0 Å². The first-order valence-corrected chi connectivity index (χ1v) is 17.4. The lowest BCUT2D eigenvalue weighted by Gasteiger charge is -1.96. The topological polar surface area (TPSA) is 56.3 Å². The molecule has 0 atom stereocenters. The third kappa shape index (κ3) is 5.37. The highest BCUT2D eigenvalue weighted by molar-refractivity contribution is 7.36. The standard InChI is InChI=1S/C30H10Cl2N4S6/c1-35-24(36-2)12-17-4-6-19(38-17)21-8-10-23(40-21)28-26(32)30-29(42-28)25(31)27(41-30)22-9-7-20(39-22)18-5-3-16(37-18)11-15(13-33)14-34/h3-12H. The molecule has 6 aromatic rings. The van der Waals surface area contributed by atoms with Crippen molar-refractivity contribution in [3.05, 3.63) is 103 Å². The molecule has 0 amide bonds. The van der Waals surface area contributed by atoms with Crippen LogP contribution in [0.15, 0.2) is 59.9 Å². The SMILES string of the molecule is [C-]#[N+]C(=Cc1ccc(-c2ccc(-c3sc4c(Cl)c(-c5ccc(-c6ccc(C=C(C#N)C#N)s6)s5)sc4c3Cl)s2)s1)[N+]#[C-]. The maximum absolute atomic E-state index is 9.03. The van der Waals surface area contributed by atoms with Crippen molar-refractivity contribution in [1.29, 1.82) is 10.5 Å². The van der Waals surface area contributed by atoms with Gasteiger partial charge in [0.15, 0.2) is 0 Å². The number of nitriles is 2. The van der Waals surface area contributed by atoms with Gasteiger partial charge in [-0.25, -0.2) is 0 Å². The number of hydrogen-bond donors (Lipinski definition) is 0. The summed E-state index contributed by atoms with van der Waals surface area (Å²) in [5.41, 5.74) is 0.0813. The number of halogens is 2. The van der Waals surface area contributed by atoms with Crippen molar-refractivity contribution in [2.75, 3.05) is 0 Å². The minimum atomic E-state index is 0.0518. The van der Waals surface area contributed by atoms with Crippen LogP contribution in [-0.2, 0) is 0 Å². The Labute approximate surface area is 274 Å². The van der Waals surface area contributed by atoms with Gasteiger partial charge in [-0.05, 0) is 54.6 Å². The van der Waals surface area contributed by atoms with Gasteiger partial charge in [-0.2, -0.15) is 20.2 Å². The fourth-order valence-corrected chi connectivity index (χ4v) is 11.8. The first kappa shape index (κ1) is 28.6. The Balaban J connectivity index is 1.27. The maximum Gasteiger partial charge on any atom is 0.520 e. The van der Waals surface area contributed by atoms with Gasteiger partial charge < -0.3 is 0 Å². The third-order valence-corrected chi connectivity index (χ3v) is 14.6. The maximum atomic E-state index is 9.03. The molecule has 0 saturated carbocycles. The summed E-state index contributed by atoms with van der Waals surface area (Å²) in [4.78, 5) is 16.6. The van der Waals surface area contributed by atoms with Gasteiger partial charge in [0.2, 0.25) is 0 Å². The molecule has 6 aromatic heterocycles. The van der Waals surface area contributed by atoms with Gasteiger partial charge in [0.1, 0.15) is 30.9 Å². The second-order valence-corrected chi connectivity index (χ2v) is 15.6.